The van der Waals surface area contributed by atoms with Gasteiger partial charge in [-0.15, -0.1) is 0 Å². The van der Waals surface area contributed by atoms with Gasteiger partial charge in [-0.2, -0.15) is 0 Å². The highest BCUT2D eigenvalue weighted by atomic mass is 16.6. The van der Waals surface area contributed by atoms with Crippen LogP contribution in [0.15, 0.2) is 0 Å². The molecule has 110 valence electrons. The fourth-order valence-electron chi connectivity index (χ4n) is 2.99. The molecular formula is C16H28O3. The molecule has 1 rings (SSSR count). The van der Waals surface area contributed by atoms with Gasteiger partial charge in [-0.1, -0.05) is 52.9 Å². The van der Waals surface area contributed by atoms with E-state index in [-0.39, 0.29) is 17.9 Å². The van der Waals surface area contributed by atoms with Crippen LogP contribution in [0.1, 0.15) is 72.1 Å². The van der Waals surface area contributed by atoms with E-state index in [4.69, 9.17) is 0 Å². The van der Waals surface area contributed by atoms with Crippen molar-refractivity contribution in [1.29, 1.82) is 0 Å². The van der Waals surface area contributed by atoms with Gasteiger partial charge in [0, 0.05) is 0 Å². The molecule has 0 spiro atoms. The lowest BCUT2D eigenvalue weighted by atomic mass is 9.82. The zero-order chi connectivity index (χ0) is 14.3. The van der Waals surface area contributed by atoms with Crippen LogP contribution in [0.5, 0.6) is 0 Å². The normalized spacial score (nSPS) is 22.4. The van der Waals surface area contributed by atoms with Crippen molar-refractivity contribution < 1.29 is 14.3 Å². The molecule has 19 heavy (non-hydrogen) atoms. The van der Waals surface area contributed by atoms with Crippen molar-refractivity contribution in [3.05, 3.63) is 0 Å². The molecule has 0 saturated carbocycles. The number of unbranched alkanes of at least 4 members (excludes halogenated alkanes) is 1. The fraction of sp³-hybridized carbons (Fsp3) is 0.875. The SMILES string of the molecule is CCCCC(CC)CC(CC)CC1CC(=O)OC1=O. The average Bonchev–Trinajstić information content (AvgIpc) is 2.71. The van der Waals surface area contributed by atoms with Crippen molar-refractivity contribution >= 4 is 11.9 Å². The topological polar surface area (TPSA) is 43.4 Å². The van der Waals surface area contributed by atoms with Crippen LogP contribution < -0.4 is 0 Å². The van der Waals surface area contributed by atoms with Crippen LogP contribution in [0.25, 0.3) is 0 Å². The first-order chi connectivity index (χ1) is 9.10. The van der Waals surface area contributed by atoms with E-state index in [9.17, 15) is 9.59 Å². The Balaban J connectivity index is 2.43. The molecule has 0 aliphatic carbocycles. The van der Waals surface area contributed by atoms with E-state index in [1.807, 2.05) is 0 Å². The number of cyclic esters (lactones) is 2. The van der Waals surface area contributed by atoms with E-state index in [1.54, 1.807) is 0 Å². The van der Waals surface area contributed by atoms with Crippen LogP contribution in [-0.4, -0.2) is 11.9 Å². The molecule has 0 amide bonds. The molecule has 0 N–H and O–H groups in total. The predicted molar refractivity (Wildman–Crippen MR) is 75.5 cm³/mol. The lowest BCUT2D eigenvalue weighted by Crippen LogP contribution is -2.16. The molecule has 0 aromatic rings. The number of rotatable bonds is 9. The highest BCUT2D eigenvalue weighted by molar-refractivity contribution is 5.94. The van der Waals surface area contributed by atoms with Crippen LogP contribution in [-0.2, 0) is 14.3 Å². The van der Waals surface area contributed by atoms with Crippen molar-refractivity contribution in [3.8, 4) is 0 Å². The summed E-state index contributed by atoms with van der Waals surface area (Å²) in [6.45, 7) is 6.66. The highest BCUT2D eigenvalue weighted by Crippen LogP contribution is 2.31. The van der Waals surface area contributed by atoms with Gasteiger partial charge >= 0.3 is 11.9 Å². The summed E-state index contributed by atoms with van der Waals surface area (Å²) >= 11 is 0. The second kappa shape index (κ2) is 8.34. The first kappa shape index (κ1) is 16.2. The molecule has 0 bridgehead atoms. The Morgan fingerprint density at radius 3 is 2.32 bits per heavy atom. The van der Waals surface area contributed by atoms with Crippen molar-refractivity contribution in [3.63, 3.8) is 0 Å². The standard InChI is InChI=1S/C16H28O3/c1-4-7-8-12(5-2)9-13(6-3)10-14-11-15(17)19-16(14)18/h12-14H,4-11H2,1-3H3. The third-order valence-electron chi connectivity index (χ3n) is 4.37. The second-order valence-electron chi connectivity index (χ2n) is 5.86. The van der Waals surface area contributed by atoms with Gasteiger partial charge in [0.25, 0.3) is 0 Å². The van der Waals surface area contributed by atoms with Gasteiger partial charge in [0.15, 0.2) is 0 Å². The summed E-state index contributed by atoms with van der Waals surface area (Å²) in [5.41, 5.74) is 0. The predicted octanol–water partition coefficient (Wildman–Crippen LogP) is 4.10. The molecule has 1 heterocycles. The maximum atomic E-state index is 11.5. The second-order valence-corrected chi connectivity index (χ2v) is 5.86. The van der Waals surface area contributed by atoms with Crippen LogP contribution in [0, 0.1) is 17.8 Å². The minimum atomic E-state index is -0.345. The lowest BCUT2D eigenvalue weighted by molar-refractivity contribution is -0.153. The number of carbonyl (C=O) groups is 2. The number of esters is 2. The smallest absolute Gasteiger partial charge is 0.317 e. The summed E-state index contributed by atoms with van der Waals surface area (Å²) in [6, 6.07) is 0. The monoisotopic (exact) mass is 268 g/mol. The van der Waals surface area contributed by atoms with E-state index in [0.717, 1.165) is 18.8 Å². The Morgan fingerprint density at radius 1 is 1.16 bits per heavy atom. The molecule has 1 aliphatic rings. The van der Waals surface area contributed by atoms with Crippen LogP contribution in [0.3, 0.4) is 0 Å². The van der Waals surface area contributed by atoms with Crippen LogP contribution >= 0.6 is 0 Å². The summed E-state index contributed by atoms with van der Waals surface area (Å²) < 4.78 is 4.64. The Hall–Kier alpha value is -0.860. The zero-order valence-corrected chi connectivity index (χ0v) is 12.6. The van der Waals surface area contributed by atoms with Crippen molar-refractivity contribution in [2.24, 2.45) is 17.8 Å². The van der Waals surface area contributed by atoms with E-state index < -0.39 is 0 Å². The molecule has 1 aliphatic heterocycles. The van der Waals surface area contributed by atoms with Gasteiger partial charge in [0.05, 0.1) is 12.3 Å². The molecule has 1 saturated heterocycles. The summed E-state index contributed by atoms with van der Waals surface area (Å²) in [6.07, 6.45) is 8.42. The molecule has 3 nitrogen and oxygen atoms in total. The summed E-state index contributed by atoms with van der Waals surface area (Å²) in [5, 5.41) is 0. The van der Waals surface area contributed by atoms with E-state index in [1.165, 1.54) is 32.1 Å². The Kier molecular flexibility index (Phi) is 7.11. The number of hydrogen-bond donors (Lipinski definition) is 0. The maximum Gasteiger partial charge on any atom is 0.317 e. The van der Waals surface area contributed by atoms with Gasteiger partial charge in [-0.3, -0.25) is 9.59 Å². The van der Waals surface area contributed by atoms with Gasteiger partial charge in [0.2, 0.25) is 0 Å². The molecular weight excluding hydrogens is 240 g/mol. The fourth-order valence-corrected chi connectivity index (χ4v) is 2.99. The highest BCUT2D eigenvalue weighted by Gasteiger charge is 2.34. The number of carbonyl (C=O) groups excluding carboxylic acids is 2. The van der Waals surface area contributed by atoms with Crippen LogP contribution in [0.4, 0.5) is 0 Å². The van der Waals surface area contributed by atoms with E-state index in [2.05, 4.69) is 25.5 Å². The Bertz CT molecular complexity index is 298. The first-order valence-corrected chi connectivity index (χ1v) is 7.85. The number of ether oxygens (including phenoxy) is 1. The van der Waals surface area contributed by atoms with Crippen molar-refractivity contribution in [2.75, 3.05) is 0 Å². The quantitative estimate of drug-likeness (QED) is 0.467. The molecule has 3 atom stereocenters. The Morgan fingerprint density at radius 2 is 1.84 bits per heavy atom. The zero-order valence-electron chi connectivity index (χ0n) is 12.6. The molecule has 3 unspecified atom stereocenters. The summed E-state index contributed by atoms with van der Waals surface area (Å²) in [7, 11) is 0. The summed E-state index contributed by atoms with van der Waals surface area (Å²) in [5.74, 6) is 0.484. The minimum absolute atomic E-state index is 0.180. The minimum Gasteiger partial charge on any atom is -0.393 e. The Labute approximate surface area is 117 Å². The molecule has 3 heteroatoms. The molecule has 0 radical (unpaired) electrons. The van der Waals surface area contributed by atoms with Gasteiger partial charge in [0.1, 0.15) is 0 Å². The van der Waals surface area contributed by atoms with E-state index >= 15 is 0 Å². The van der Waals surface area contributed by atoms with Crippen LogP contribution in [0.2, 0.25) is 0 Å². The average molecular weight is 268 g/mol. The number of hydrogen-bond acceptors (Lipinski definition) is 3. The molecule has 1 fully saturated rings. The van der Waals surface area contributed by atoms with E-state index in [0.29, 0.717) is 12.3 Å². The van der Waals surface area contributed by atoms with Gasteiger partial charge < -0.3 is 4.74 Å². The third-order valence-corrected chi connectivity index (χ3v) is 4.37. The molecule has 0 aromatic carbocycles. The third kappa shape index (κ3) is 5.33. The van der Waals surface area contributed by atoms with Gasteiger partial charge in [-0.25, -0.2) is 0 Å². The van der Waals surface area contributed by atoms with Crippen molar-refractivity contribution in [2.45, 2.75) is 72.1 Å². The van der Waals surface area contributed by atoms with Crippen molar-refractivity contribution in [1.82, 2.24) is 0 Å². The summed E-state index contributed by atoms with van der Waals surface area (Å²) in [4.78, 5) is 22.6. The lowest BCUT2D eigenvalue weighted by Gasteiger charge is -2.22. The van der Waals surface area contributed by atoms with Gasteiger partial charge in [-0.05, 0) is 24.7 Å². The maximum absolute atomic E-state index is 11.5. The first-order valence-electron chi connectivity index (χ1n) is 7.85. The molecule has 0 aromatic heterocycles. The largest absolute Gasteiger partial charge is 0.393 e.